The number of rotatable bonds is 4. The average molecular weight is 348 g/mol. The third kappa shape index (κ3) is 3.20. The Kier molecular flexibility index (Phi) is 4.42. The molecule has 0 aliphatic carbocycles. The van der Waals surface area contributed by atoms with Crippen molar-refractivity contribution in [3.63, 3.8) is 0 Å². The fraction of sp³-hybridized carbons (Fsp3) is 0.375. The fourth-order valence-corrected chi connectivity index (χ4v) is 4.48. The molecule has 128 valence electrons. The topological polar surface area (TPSA) is 95.2 Å². The number of aryl methyl sites for hydroxylation is 2. The Balaban J connectivity index is 1.81. The molecule has 1 aromatic carbocycles. The molecule has 2 aromatic rings. The van der Waals surface area contributed by atoms with Gasteiger partial charge in [0.2, 0.25) is 15.9 Å². The summed E-state index contributed by atoms with van der Waals surface area (Å²) in [7, 11) is -3.69. The predicted octanol–water partition coefficient (Wildman–Crippen LogP) is 1.82. The van der Waals surface area contributed by atoms with Crippen molar-refractivity contribution in [2.75, 3.05) is 11.9 Å². The SMILES string of the molecule is Cc1ccc(S(=O)(=O)N2CCC[C@@H]2C(=O)Nc2cc(C)[nH]n2)cc1. The predicted molar refractivity (Wildman–Crippen MR) is 90.0 cm³/mol. The number of nitrogens with one attached hydrogen (secondary N) is 2. The maximum Gasteiger partial charge on any atom is 0.244 e. The lowest BCUT2D eigenvalue weighted by molar-refractivity contribution is -0.119. The van der Waals surface area contributed by atoms with Gasteiger partial charge in [-0.1, -0.05) is 17.7 Å². The standard InChI is InChI=1S/C16H20N4O3S/c1-11-5-7-13(8-6-11)24(22,23)20-9-3-4-14(20)16(21)17-15-10-12(2)18-19-15/h5-8,10,14H,3-4,9H2,1-2H3,(H2,17,18,19,21)/t14-/m1/s1. The molecule has 0 bridgehead atoms. The van der Waals surface area contributed by atoms with Crippen molar-refractivity contribution in [1.82, 2.24) is 14.5 Å². The number of amides is 1. The largest absolute Gasteiger partial charge is 0.308 e. The van der Waals surface area contributed by atoms with Gasteiger partial charge in [0.15, 0.2) is 5.82 Å². The second kappa shape index (κ2) is 6.37. The van der Waals surface area contributed by atoms with Crippen molar-refractivity contribution < 1.29 is 13.2 Å². The zero-order chi connectivity index (χ0) is 17.3. The lowest BCUT2D eigenvalue weighted by atomic mass is 10.2. The van der Waals surface area contributed by atoms with E-state index in [1.165, 1.54) is 4.31 Å². The Morgan fingerprint density at radius 3 is 2.62 bits per heavy atom. The van der Waals surface area contributed by atoms with E-state index in [9.17, 15) is 13.2 Å². The van der Waals surface area contributed by atoms with E-state index in [1.54, 1.807) is 30.3 Å². The number of hydrogen-bond acceptors (Lipinski definition) is 4. The lowest BCUT2D eigenvalue weighted by Gasteiger charge is -2.23. The van der Waals surface area contributed by atoms with E-state index in [1.807, 2.05) is 13.8 Å². The minimum atomic E-state index is -3.69. The molecule has 0 unspecified atom stereocenters. The summed E-state index contributed by atoms with van der Waals surface area (Å²) in [6, 6.07) is 7.65. The minimum Gasteiger partial charge on any atom is -0.308 e. The second-order valence-electron chi connectivity index (χ2n) is 6.01. The number of sulfonamides is 1. The van der Waals surface area contributed by atoms with E-state index in [0.29, 0.717) is 25.2 Å². The van der Waals surface area contributed by atoms with Gasteiger partial charge >= 0.3 is 0 Å². The molecule has 7 nitrogen and oxygen atoms in total. The van der Waals surface area contributed by atoms with Gasteiger partial charge in [-0.25, -0.2) is 8.42 Å². The Bertz CT molecular complexity index is 842. The number of nitrogens with zero attached hydrogens (tertiary/aromatic N) is 2. The highest BCUT2D eigenvalue weighted by Gasteiger charge is 2.39. The molecule has 1 aliphatic rings. The maximum absolute atomic E-state index is 12.8. The van der Waals surface area contributed by atoms with Crippen molar-refractivity contribution in [1.29, 1.82) is 0 Å². The molecule has 2 N–H and O–H groups in total. The van der Waals surface area contributed by atoms with Crippen LogP contribution in [0.25, 0.3) is 0 Å². The molecule has 1 amide bonds. The highest BCUT2D eigenvalue weighted by molar-refractivity contribution is 7.89. The summed E-state index contributed by atoms with van der Waals surface area (Å²) in [5.41, 5.74) is 1.81. The van der Waals surface area contributed by atoms with E-state index < -0.39 is 16.1 Å². The van der Waals surface area contributed by atoms with Gasteiger partial charge in [-0.05, 0) is 38.8 Å². The van der Waals surface area contributed by atoms with Gasteiger partial charge in [0.1, 0.15) is 6.04 Å². The Morgan fingerprint density at radius 1 is 1.29 bits per heavy atom. The highest BCUT2D eigenvalue weighted by atomic mass is 32.2. The Morgan fingerprint density at radius 2 is 2.00 bits per heavy atom. The monoisotopic (exact) mass is 348 g/mol. The zero-order valence-corrected chi connectivity index (χ0v) is 14.4. The third-order valence-corrected chi connectivity index (χ3v) is 6.01. The molecular formula is C16H20N4O3S. The van der Waals surface area contributed by atoms with Gasteiger partial charge in [-0.2, -0.15) is 9.40 Å². The van der Waals surface area contributed by atoms with Crippen LogP contribution in [0.4, 0.5) is 5.82 Å². The zero-order valence-electron chi connectivity index (χ0n) is 13.6. The summed E-state index contributed by atoms with van der Waals surface area (Å²) in [6.45, 7) is 4.06. The van der Waals surface area contributed by atoms with Gasteiger partial charge in [-0.3, -0.25) is 9.89 Å². The van der Waals surface area contributed by atoms with E-state index in [4.69, 9.17) is 0 Å². The molecule has 1 fully saturated rings. The van der Waals surface area contributed by atoms with Crippen LogP contribution in [-0.4, -0.2) is 41.4 Å². The summed E-state index contributed by atoms with van der Waals surface area (Å²) in [5, 5.41) is 9.38. The van der Waals surface area contributed by atoms with Crippen molar-refractivity contribution in [2.24, 2.45) is 0 Å². The molecule has 0 saturated carbocycles. The lowest BCUT2D eigenvalue weighted by Crippen LogP contribution is -2.43. The number of carbonyl (C=O) groups is 1. The van der Waals surface area contributed by atoms with Crippen LogP contribution >= 0.6 is 0 Å². The van der Waals surface area contributed by atoms with Crippen LogP contribution < -0.4 is 5.32 Å². The summed E-state index contributed by atoms with van der Waals surface area (Å²) in [4.78, 5) is 12.7. The summed E-state index contributed by atoms with van der Waals surface area (Å²) in [6.07, 6.45) is 1.16. The van der Waals surface area contributed by atoms with Crippen molar-refractivity contribution in [3.8, 4) is 0 Å². The number of aromatic nitrogens is 2. The molecule has 3 rings (SSSR count). The number of H-pyrrole nitrogens is 1. The first-order chi connectivity index (χ1) is 11.4. The molecule has 24 heavy (non-hydrogen) atoms. The van der Waals surface area contributed by atoms with Gasteiger partial charge in [0.25, 0.3) is 0 Å². The van der Waals surface area contributed by atoms with E-state index in [-0.39, 0.29) is 10.8 Å². The van der Waals surface area contributed by atoms with Crippen LogP contribution in [0.2, 0.25) is 0 Å². The number of anilines is 1. The van der Waals surface area contributed by atoms with Crippen LogP contribution in [0.15, 0.2) is 35.2 Å². The molecule has 1 aromatic heterocycles. The average Bonchev–Trinajstić information content (AvgIpc) is 3.17. The molecule has 8 heteroatoms. The number of hydrogen-bond donors (Lipinski definition) is 2. The van der Waals surface area contributed by atoms with Crippen LogP contribution in [0.3, 0.4) is 0 Å². The van der Waals surface area contributed by atoms with Gasteiger partial charge < -0.3 is 5.32 Å². The van der Waals surface area contributed by atoms with Crippen molar-refractivity contribution in [3.05, 3.63) is 41.6 Å². The van der Waals surface area contributed by atoms with Crippen LogP contribution in [-0.2, 0) is 14.8 Å². The van der Waals surface area contributed by atoms with Crippen LogP contribution in [0, 0.1) is 13.8 Å². The van der Waals surface area contributed by atoms with E-state index in [2.05, 4.69) is 15.5 Å². The first-order valence-corrected chi connectivity index (χ1v) is 9.23. The molecule has 0 spiro atoms. The Hall–Kier alpha value is -2.19. The van der Waals surface area contributed by atoms with Crippen LogP contribution in [0.5, 0.6) is 0 Å². The molecular weight excluding hydrogens is 328 g/mol. The minimum absolute atomic E-state index is 0.211. The van der Waals surface area contributed by atoms with Crippen molar-refractivity contribution >= 4 is 21.7 Å². The number of aromatic amines is 1. The normalized spacial score (nSPS) is 18.7. The van der Waals surface area contributed by atoms with E-state index >= 15 is 0 Å². The fourth-order valence-electron chi connectivity index (χ4n) is 2.83. The molecule has 1 atom stereocenters. The third-order valence-electron chi connectivity index (χ3n) is 4.09. The smallest absolute Gasteiger partial charge is 0.244 e. The Labute approximate surface area is 141 Å². The van der Waals surface area contributed by atoms with E-state index in [0.717, 1.165) is 11.3 Å². The first-order valence-electron chi connectivity index (χ1n) is 7.79. The maximum atomic E-state index is 12.8. The molecule has 1 aliphatic heterocycles. The molecule has 2 heterocycles. The number of benzene rings is 1. The van der Waals surface area contributed by atoms with Gasteiger partial charge in [0, 0.05) is 18.3 Å². The molecule has 0 radical (unpaired) electrons. The summed E-state index contributed by atoms with van der Waals surface area (Å²) >= 11 is 0. The summed E-state index contributed by atoms with van der Waals surface area (Å²) in [5.74, 6) is 0.0479. The number of carbonyl (C=O) groups excluding carboxylic acids is 1. The summed E-state index contributed by atoms with van der Waals surface area (Å²) < 4.78 is 27.0. The van der Waals surface area contributed by atoms with Gasteiger partial charge in [-0.15, -0.1) is 0 Å². The van der Waals surface area contributed by atoms with Crippen LogP contribution in [0.1, 0.15) is 24.1 Å². The van der Waals surface area contributed by atoms with Crippen molar-refractivity contribution in [2.45, 2.75) is 37.6 Å². The second-order valence-corrected chi connectivity index (χ2v) is 7.90. The first kappa shape index (κ1) is 16.7. The quantitative estimate of drug-likeness (QED) is 0.881. The molecule has 1 saturated heterocycles. The highest BCUT2D eigenvalue weighted by Crippen LogP contribution is 2.27. The van der Waals surface area contributed by atoms with Gasteiger partial charge in [0.05, 0.1) is 4.90 Å².